The van der Waals surface area contributed by atoms with Gasteiger partial charge in [-0.05, 0) is 24.5 Å². The summed E-state index contributed by atoms with van der Waals surface area (Å²) in [6.45, 7) is 0.587. The maximum Gasteiger partial charge on any atom is 0.328 e. The van der Waals surface area contributed by atoms with E-state index in [1.54, 1.807) is 0 Å². The van der Waals surface area contributed by atoms with Crippen LogP contribution in [0.4, 0.5) is 0 Å². The van der Waals surface area contributed by atoms with Crippen LogP contribution < -0.4 is 5.32 Å². The van der Waals surface area contributed by atoms with Crippen molar-refractivity contribution in [3.8, 4) is 0 Å². The normalized spacial score (nSPS) is 18.7. The molecule has 1 aromatic carbocycles. The summed E-state index contributed by atoms with van der Waals surface area (Å²) in [6.07, 6.45) is 3.31. The first-order valence-electron chi connectivity index (χ1n) is 7.74. The number of para-hydroxylation sites is 1. The summed E-state index contributed by atoms with van der Waals surface area (Å²) in [7, 11) is 1.32. The van der Waals surface area contributed by atoms with Gasteiger partial charge in [-0.1, -0.05) is 18.2 Å². The SMILES string of the molecule is COC(=O)[C@@H](Cc1c[nH]c2ccccc12)NC(=O)[C@H]1CCCO1. The minimum atomic E-state index is -0.726. The predicted molar refractivity (Wildman–Crippen MR) is 84.9 cm³/mol. The first kappa shape index (κ1) is 15.6. The highest BCUT2D eigenvalue weighted by atomic mass is 16.5. The first-order chi connectivity index (χ1) is 11.2. The standard InChI is InChI=1S/C17H20N2O4/c1-22-17(21)14(19-16(20)15-7-4-8-23-15)9-11-10-18-13-6-3-2-5-12(11)13/h2-3,5-6,10,14-15,18H,4,7-9H2,1H3,(H,19,20)/t14-,15-/m1/s1. The van der Waals surface area contributed by atoms with Crippen LogP contribution in [0.25, 0.3) is 10.9 Å². The summed E-state index contributed by atoms with van der Waals surface area (Å²) in [4.78, 5) is 27.4. The number of fused-ring (bicyclic) bond motifs is 1. The van der Waals surface area contributed by atoms with E-state index in [0.717, 1.165) is 22.9 Å². The van der Waals surface area contributed by atoms with Crippen LogP contribution in [0.5, 0.6) is 0 Å². The van der Waals surface area contributed by atoms with Gasteiger partial charge in [0.2, 0.25) is 5.91 Å². The molecule has 0 radical (unpaired) electrons. The van der Waals surface area contributed by atoms with Gasteiger partial charge in [0, 0.05) is 30.1 Å². The highest BCUT2D eigenvalue weighted by Gasteiger charge is 2.29. The highest BCUT2D eigenvalue weighted by Crippen LogP contribution is 2.20. The molecule has 0 aliphatic carbocycles. The first-order valence-corrected chi connectivity index (χ1v) is 7.74. The van der Waals surface area contributed by atoms with Gasteiger partial charge in [-0.3, -0.25) is 4.79 Å². The molecule has 1 fully saturated rings. The number of rotatable bonds is 5. The van der Waals surface area contributed by atoms with Crippen LogP contribution in [0.15, 0.2) is 30.5 Å². The van der Waals surface area contributed by atoms with E-state index in [0.29, 0.717) is 19.4 Å². The van der Waals surface area contributed by atoms with Crippen LogP contribution in [0.3, 0.4) is 0 Å². The molecule has 0 spiro atoms. The maximum absolute atomic E-state index is 12.2. The molecule has 23 heavy (non-hydrogen) atoms. The lowest BCUT2D eigenvalue weighted by Gasteiger charge is -2.18. The Balaban J connectivity index is 1.76. The van der Waals surface area contributed by atoms with Gasteiger partial charge in [0.05, 0.1) is 7.11 Å². The monoisotopic (exact) mass is 316 g/mol. The van der Waals surface area contributed by atoms with E-state index in [2.05, 4.69) is 10.3 Å². The number of aromatic amines is 1. The van der Waals surface area contributed by atoms with Gasteiger partial charge in [-0.15, -0.1) is 0 Å². The van der Waals surface area contributed by atoms with Gasteiger partial charge in [0.15, 0.2) is 0 Å². The number of ether oxygens (including phenoxy) is 2. The molecule has 1 aliphatic rings. The molecule has 122 valence electrons. The fourth-order valence-electron chi connectivity index (χ4n) is 2.91. The van der Waals surface area contributed by atoms with E-state index in [1.807, 2.05) is 30.5 Å². The molecule has 2 heterocycles. The molecule has 1 saturated heterocycles. The lowest BCUT2D eigenvalue weighted by molar-refractivity contribution is -0.146. The van der Waals surface area contributed by atoms with Crippen LogP contribution in [0.2, 0.25) is 0 Å². The Hall–Kier alpha value is -2.34. The van der Waals surface area contributed by atoms with E-state index in [-0.39, 0.29) is 5.91 Å². The van der Waals surface area contributed by atoms with Gasteiger partial charge in [-0.25, -0.2) is 4.79 Å². The zero-order valence-corrected chi connectivity index (χ0v) is 13.0. The third-order valence-corrected chi connectivity index (χ3v) is 4.12. The number of nitrogens with one attached hydrogen (secondary N) is 2. The number of aromatic nitrogens is 1. The van der Waals surface area contributed by atoms with Crippen molar-refractivity contribution in [3.63, 3.8) is 0 Å². The van der Waals surface area contributed by atoms with Crippen molar-refractivity contribution in [2.45, 2.75) is 31.4 Å². The topological polar surface area (TPSA) is 80.4 Å². The molecule has 1 aromatic heterocycles. The molecular formula is C17H20N2O4. The molecule has 1 amide bonds. The Kier molecular flexibility index (Phi) is 4.62. The third kappa shape index (κ3) is 3.37. The second-order valence-electron chi connectivity index (χ2n) is 5.65. The van der Waals surface area contributed by atoms with Crippen molar-refractivity contribution in [1.29, 1.82) is 0 Å². The van der Waals surface area contributed by atoms with E-state index >= 15 is 0 Å². The summed E-state index contributed by atoms with van der Waals surface area (Å²) in [6, 6.07) is 7.11. The molecule has 2 atom stereocenters. The molecule has 2 aromatic rings. The fraction of sp³-hybridized carbons (Fsp3) is 0.412. The summed E-state index contributed by atoms with van der Waals surface area (Å²) in [5.74, 6) is -0.709. The lowest BCUT2D eigenvalue weighted by atomic mass is 10.0. The highest BCUT2D eigenvalue weighted by molar-refractivity contribution is 5.88. The van der Waals surface area contributed by atoms with Crippen molar-refractivity contribution >= 4 is 22.8 Å². The minimum Gasteiger partial charge on any atom is -0.467 e. The molecule has 3 rings (SSSR count). The van der Waals surface area contributed by atoms with Crippen molar-refractivity contribution in [3.05, 3.63) is 36.0 Å². The Bertz CT molecular complexity index is 703. The smallest absolute Gasteiger partial charge is 0.328 e. The molecule has 6 heteroatoms. The number of esters is 1. The number of amides is 1. The number of carbonyl (C=O) groups excluding carboxylic acids is 2. The van der Waals surface area contributed by atoms with Crippen molar-refractivity contribution in [2.75, 3.05) is 13.7 Å². The van der Waals surface area contributed by atoms with Crippen LogP contribution >= 0.6 is 0 Å². The number of benzene rings is 1. The fourth-order valence-corrected chi connectivity index (χ4v) is 2.91. The minimum absolute atomic E-state index is 0.252. The zero-order valence-electron chi connectivity index (χ0n) is 13.0. The summed E-state index contributed by atoms with van der Waals surface area (Å²) in [5, 5.41) is 3.80. The van der Waals surface area contributed by atoms with Crippen LogP contribution in [-0.2, 0) is 25.5 Å². The van der Waals surface area contributed by atoms with E-state index in [1.165, 1.54) is 7.11 Å². The predicted octanol–water partition coefficient (Wildman–Crippen LogP) is 1.55. The van der Waals surface area contributed by atoms with Gasteiger partial charge < -0.3 is 19.8 Å². The van der Waals surface area contributed by atoms with E-state index in [4.69, 9.17) is 9.47 Å². The van der Waals surface area contributed by atoms with Crippen molar-refractivity contribution in [1.82, 2.24) is 10.3 Å². The summed E-state index contributed by atoms with van der Waals surface area (Å²) < 4.78 is 10.2. The van der Waals surface area contributed by atoms with Crippen LogP contribution in [0, 0.1) is 0 Å². The number of carbonyl (C=O) groups is 2. The van der Waals surface area contributed by atoms with Crippen molar-refractivity contribution in [2.24, 2.45) is 0 Å². The molecule has 6 nitrogen and oxygen atoms in total. The summed E-state index contributed by atoms with van der Waals surface area (Å²) >= 11 is 0. The molecule has 0 saturated carbocycles. The van der Waals surface area contributed by atoms with Gasteiger partial charge in [0.25, 0.3) is 0 Å². The quantitative estimate of drug-likeness (QED) is 0.820. The van der Waals surface area contributed by atoms with Crippen LogP contribution in [-0.4, -0.2) is 42.7 Å². The van der Waals surface area contributed by atoms with Gasteiger partial charge >= 0.3 is 5.97 Å². The number of hydrogen-bond acceptors (Lipinski definition) is 4. The molecule has 0 bridgehead atoms. The zero-order chi connectivity index (χ0) is 16.2. The molecule has 0 unspecified atom stereocenters. The number of H-pyrrole nitrogens is 1. The lowest BCUT2D eigenvalue weighted by Crippen LogP contribution is -2.47. The molecular weight excluding hydrogens is 296 g/mol. The molecule has 2 N–H and O–H groups in total. The van der Waals surface area contributed by atoms with Gasteiger partial charge in [0.1, 0.15) is 12.1 Å². The maximum atomic E-state index is 12.2. The summed E-state index contributed by atoms with van der Waals surface area (Å²) in [5.41, 5.74) is 1.96. The second-order valence-corrected chi connectivity index (χ2v) is 5.65. The van der Waals surface area contributed by atoms with Crippen molar-refractivity contribution < 1.29 is 19.1 Å². The Morgan fingerprint density at radius 2 is 2.26 bits per heavy atom. The van der Waals surface area contributed by atoms with E-state index < -0.39 is 18.1 Å². The van der Waals surface area contributed by atoms with E-state index in [9.17, 15) is 9.59 Å². The third-order valence-electron chi connectivity index (χ3n) is 4.12. The Morgan fingerprint density at radius 1 is 1.43 bits per heavy atom. The number of methoxy groups -OCH3 is 1. The average Bonchev–Trinajstić information content (AvgIpc) is 3.23. The Morgan fingerprint density at radius 3 is 3.00 bits per heavy atom. The largest absolute Gasteiger partial charge is 0.467 e. The number of hydrogen-bond donors (Lipinski definition) is 2. The Labute approximate surface area is 134 Å². The molecule has 1 aliphatic heterocycles. The van der Waals surface area contributed by atoms with Gasteiger partial charge in [-0.2, -0.15) is 0 Å². The van der Waals surface area contributed by atoms with Crippen LogP contribution in [0.1, 0.15) is 18.4 Å². The average molecular weight is 316 g/mol. The second kappa shape index (κ2) is 6.83.